The van der Waals surface area contributed by atoms with Gasteiger partial charge in [0.05, 0.1) is 5.56 Å². The molecule has 0 saturated carbocycles. The minimum absolute atomic E-state index is 0.210. The molecule has 0 fully saturated rings. The number of carbonyl (C=O) groups excluding carboxylic acids is 1. The number of nitrogens with zero attached hydrogens (tertiary/aromatic N) is 1. The Morgan fingerprint density at radius 3 is 2.69 bits per heavy atom. The number of pyridine rings is 1. The first-order valence-electron chi connectivity index (χ1n) is 4.43. The average molecular weight is 221 g/mol. The lowest BCUT2D eigenvalue weighted by Crippen LogP contribution is -2.01. The van der Waals surface area contributed by atoms with Crippen LogP contribution in [0.5, 0.6) is 0 Å². The number of nitrogens with one attached hydrogen (secondary N) is 1. The summed E-state index contributed by atoms with van der Waals surface area (Å²) in [5.41, 5.74) is 5.39. The van der Waals surface area contributed by atoms with E-state index in [2.05, 4.69) is 15.7 Å². The first-order chi connectivity index (χ1) is 7.50. The molecular formula is C10H11N3O3. The van der Waals surface area contributed by atoms with Crippen LogP contribution in [0.1, 0.15) is 17.3 Å². The summed E-state index contributed by atoms with van der Waals surface area (Å²) < 4.78 is 0. The predicted molar refractivity (Wildman–Crippen MR) is 57.9 cm³/mol. The largest absolute Gasteiger partial charge is 0.478 e. The number of carboxylic acids is 1. The van der Waals surface area contributed by atoms with Gasteiger partial charge in [-0.1, -0.05) is 0 Å². The summed E-state index contributed by atoms with van der Waals surface area (Å²) in [6, 6.07) is 3.37. The molecule has 0 atom stereocenters. The molecule has 0 aliphatic carbocycles. The highest BCUT2D eigenvalue weighted by molar-refractivity contribution is 5.91. The predicted octanol–water partition coefficient (Wildman–Crippen LogP) is 0.753. The number of amides is 1. The molecule has 2 aromatic heterocycles. The lowest BCUT2D eigenvalue weighted by atomic mass is 10.2. The smallest absolute Gasteiger partial charge is 0.337 e. The van der Waals surface area contributed by atoms with Gasteiger partial charge in [0.2, 0.25) is 5.91 Å². The van der Waals surface area contributed by atoms with E-state index in [1.165, 1.54) is 13.1 Å². The molecule has 1 amide bonds. The molecule has 4 N–H and O–H groups in total. The highest BCUT2D eigenvalue weighted by atomic mass is 16.4. The monoisotopic (exact) mass is 221 g/mol. The highest BCUT2D eigenvalue weighted by Crippen LogP contribution is 2.10. The van der Waals surface area contributed by atoms with Gasteiger partial charge in [0.1, 0.15) is 5.65 Å². The molecule has 84 valence electrons. The van der Waals surface area contributed by atoms with Crippen LogP contribution >= 0.6 is 0 Å². The van der Waals surface area contributed by atoms with Gasteiger partial charge in [-0.2, -0.15) is 0 Å². The van der Waals surface area contributed by atoms with Crippen molar-refractivity contribution in [3.05, 3.63) is 30.1 Å². The zero-order valence-corrected chi connectivity index (χ0v) is 8.60. The summed E-state index contributed by atoms with van der Waals surface area (Å²) in [4.78, 5) is 26.5. The number of carbonyl (C=O) groups is 2. The zero-order chi connectivity index (χ0) is 12.1. The molecule has 0 unspecified atom stereocenters. The van der Waals surface area contributed by atoms with Crippen molar-refractivity contribution in [2.24, 2.45) is 5.73 Å². The molecule has 0 saturated heterocycles. The molecule has 0 spiro atoms. The van der Waals surface area contributed by atoms with E-state index in [9.17, 15) is 9.59 Å². The Hall–Kier alpha value is -2.37. The van der Waals surface area contributed by atoms with Crippen molar-refractivity contribution in [2.75, 3.05) is 0 Å². The van der Waals surface area contributed by atoms with E-state index < -0.39 is 5.97 Å². The lowest BCUT2D eigenvalue weighted by Gasteiger charge is -1.92. The normalized spacial score (nSPS) is 9.31. The summed E-state index contributed by atoms with van der Waals surface area (Å²) in [5.74, 6) is -1.29. The van der Waals surface area contributed by atoms with Gasteiger partial charge in [0, 0.05) is 24.7 Å². The number of fused-ring (bicyclic) bond motifs is 1. The molecule has 16 heavy (non-hydrogen) atoms. The van der Waals surface area contributed by atoms with E-state index >= 15 is 0 Å². The number of carboxylic acid groups (broad SMARTS) is 1. The van der Waals surface area contributed by atoms with Gasteiger partial charge in [-0.15, -0.1) is 0 Å². The Balaban J connectivity index is 0.000000280. The first-order valence-corrected chi connectivity index (χ1v) is 4.43. The van der Waals surface area contributed by atoms with E-state index in [4.69, 9.17) is 5.11 Å². The third-order valence-corrected chi connectivity index (χ3v) is 1.65. The Morgan fingerprint density at radius 2 is 2.12 bits per heavy atom. The lowest BCUT2D eigenvalue weighted by molar-refractivity contribution is -0.115. The fourth-order valence-corrected chi connectivity index (χ4v) is 1.06. The van der Waals surface area contributed by atoms with Crippen molar-refractivity contribution in [3.8, 4) is 0 Å². The van der Waals surface area contributed by atoms with Gasteiger partial charge in [-0.25, -0.2) is 9.78 Å². The van der Waals surface area contributed by atoms with Crippen molar-refractivity contribution in [3.63, 3.8) is 0 Å². The number of rotatable bonds is 1. The number of aromatic carboxylic acids is 1. The summed E-state index contributed by atoms with van der Waals surface area (Å²) >= 11 is 0. The number of H-pyrrole nitrogens is 1. The van der Waals surface area contributed by atoms with Gasteiger partial charge >= 0.3 is 5.97 Å². The molecular weight excluding hydrogens is 210 g/mol. The van der Waals surface area contributed by atoms with Gasteiger partial charge in [-0.05, 0) is 12.1 Å². The number of hydrogen-bond donors (Lipinski definition) is 3. The fourth-order valence-electron chi connectivity index (χ4n) is 1.06. The third kappa shape index (κ3) is 3.09. The van der Waals surface area contributed by atoms with Crippen LogP contribution in [0.25, 0.3) is 11.0 Å². The average Bonchev–Trinajstić information content (AvgIpc) is 2.62. The van der Waals surface area contributed by atoms with E-state index in [0.29, 0.717) is 5.65 Å². The molecule has 6 heteroatoms. The van der Waals surface area contributed by atoms with Crippen LogP contribution in [0.4, 0.5) is 0 Å². The van der Waals surface area contributed by atoms with E-state index in [0.717, 1.165) is 5.39 Å². The fraction of sp³-hybridized carbons (Fsp3) is 0.100. The third-order valence-electron chi connectivity index (χ3n) is 1.65. The molecule has 2 rings (SSSR count). The molecule has 0 aliphatic heterocycles. The van der Waals surface area contributed by atoms with Gasteiger partial charge in [-0.3, -0.25) is 4.79 Å². The molecule has 6 nitrogen and oxygen atoms in total. The van der Waals surface area contributed by atoms with Crippen molar-refractivity contribution in [1.82, 2.24) is 9.97 Å². The second kappa shape index (κ2) is 4.92. The molecule has 2 heterocycles. The number of aromatic amines is 1. The van der Waals surface area contributed by atoms with Crippen molar-refractivity contribution in [2.45, 2.75) is 6.92 Å². The van der Waals surface area contributed by atoms with Crippen LogP contribution in [0.2, 0.25) is 0 Å². The summed E-state index contributed by atoms with van der Waals surface area (Å²) in [6.07, 6.45) is 3.06. The standard InChI is InChI=1S/C8H6N2O2.C2H5NO/c11-8(12)6-3-5-1-2-9-7(5)10-4-6;1-2(3)4/h1-4H,(H,9,10)(H,11,12);1H3,(H2,3,4). The Bertz CT molecular complexity index is 515. The molecule has 0 radical (unpaired) electrons. The first kappa shape index (κ1) is 11.7. The van der Waals surface area contributed by atoms with Crippen LogP contribution in [-0.2, 0) is 4.79 Å². The maximum Gasteiger partial charge on any atom is 0.337 e. The second-order valence-electron chi connectivity index (χ2n) is 3.06. The summed E-state index contributed by atoms with van der Waals surface area (Å²) in [7, 11) is 0. The van der Waals surface area contributed by atoms with E-state index in [-0.39, 0.29) is 11.5 Å². The van der Waals surface area contributed by atoms with E-state index in [1.807, 2.05) is 0 Å². The van der Waals surface area contributed by atoms with Crippen LogP contribution in [0, 0.1) is 0 Å². The van der Waals surface area contributed by atoms with Crippen LogP contribution in [-0.4, -0.2) is 27.0 Å². The summed E-state index contributed by atoms with van der Waals surface area (Å²) in [6.45, 7) is 1.31. The Morgan fingerprint density at radius 1 is 1.50 bits per heavy atom. The molecule has 0 aromatic carbocycles. The zero-order valence-electron chi connectivity index (χ0n) is 8.60. The second-order valence-corrected chi connectivity index (χ2v) is 3.06. The molecule has 2 aromatic rings. The minimum Gasteiger partial charge on any atom is -0.478 e. The van der Waals surface area contributed by atoms with Crippen molar-refractivity contribution in [1.29, 1.82) is 0 Å². The quantitative estimate of drug-likeness (QED) is 0.660. The number of hydrogen-bond acceptors (Lipinski definition) is 3. The SMILES string of the molecule is CC(N)=O.O=C(O)c1cnc2[nH]ccc2c1. The van der Waals surface area contributed by atoms with Crippen molar-refractivity contribution >= 4 is 22.9 Å². The highest BCUT2D eigenvalue weighted by Gasteiger charge is 2.03. The van der Waals surface area contributed by atoms with Gasteiger partial charge < -0.3 is 15.8 Å². The maximum atomic E-state index is 10.5. The topological polar surface area (TPSA) is 109 Å². The molecule has 0 aliphatic rings. The van der Waals surface area contributed by atoms with Crippen molar-refractivity contribution < 1.29 is 14.7 Å². The van der Waals surface area contributed by atoms with Crippen LogP contribution in [0.3, 0.4) is 0 Å². The van der Waals surface area contributed by atoms with Gasteiger partial charge in [0.25, 0.3) is 0 Å². The Kier molecular flexibility index (Phi) is 3.60. The summed E-state index contributed by atoms with van der Waals surface area (Å²) in [5, 5.41) is 9.45. The van der Waals surface area contributed by atoms with Crippen LogP contribution < -0.4 is 5.73 Å². The number of primary amides is 1. The van der Waals surface area contributed by atoms with Gasteiger partial charge in [0.15, 0.2) is 0 Å². The van der Waals surface area contributed by atoms with E-state index in [1.54, 1.807) is 18.3 Å². The number of aromatic nitrogens is 2. The van der Waals surface area contributed by atoms with Crippen LogP contribution in [0.15, 0.2) is 24.5 Å². The maximum absolute atomic E-state index is 10.5. The Labute approximate surface area is 91.1 Å². The molecule has 0 bridgehead atoms. The number of nitrogens with two attached hydrogens (primary N) is 1. The minimum atomic E-state index is -0.953.